The second kappa shape index (κ2) is 9.05. The SMILES string of the molecule is C=CCN(CC=C)C(CNc1ncc([N+](=O)[O-])cc1C)C(C)C. The maximum absolute atomic E-state index is 10.8. The molecule has 0 fully saturated rings. The normalized spacial score (nSPS) is 12.2. The molecule has 0 saturated heterocycles. The summed E-state index contributed by atoms with van der Waals surface area (Å²) in [5.74, 6) is 1.11. The van der Waals surface area contributed by atoms with E-state index in [1.807, 2.05) is 19.1 Å². The maximum atomic E-state index is 10.8. The lowest BCUT2D eigenvalue weighted by molar-refractivity contribution is -0.385. The molecule has 1 rings (SSSR count). The Balaban J connectivity index is 2.84. The van der Waals surface area contributed by atoms with Gasteiger partial charge in [-0.2, -0.15) is 0 Å². The number of aryl methyl sites for hydroxylation is 1. The summed E-state index contributed by atoms with van der Waals surface area (Å²) in [5, 5.41) is 14.1. The number of pyridine rings is 1. The van der Waals surface area contributed by atoms with E-state index in [2.05, 4.69) is 42.2 Å². The van der Waals surface area contributed by atoms with Crippen molar-refractivity contribution in [1.29, 1.82) is 0 Å². The molecule has 0 aromatic carbocycles. The third kappa shape index (κ3) is 5.49. The number of hydrogen-bond donors (Lipinski definition) is 1. The monoisotopic (exact) mass is 318 g/mol. The summed E-state index contributed by atoms with van der Waals surface area (Å²) in [6.45, 7) is 16.0. The molecule has 0 aliphatic heterocycles. The minimum atomic E-state index is -0.434. The van der Waals surface area contributed by atoms with Gasteiger partial charge in [0.05, 0.1) is 4.92 Å². The van der Waals surface area contributed by atoms with E-state index >= 15 is 0 Å². The van der Waals surface area contributed by atoms with Gasteiger partial charge < -0.3 is 5.32 Å². The highest BCUT2D eigenvalue weighted by molar-refractivity contribution is 5.48. The lowest BCUT2D eigenvalue weighted by Crippen LogP contribution is -2.44. The first-order valence-corrected chi connectivity index (χ1v) is 7.71. The topological polar surface area (TPSA) is 71.3 Å². The largest absolute Gasteiger partial charge is 0.368 e. The molecule has 1 unspecified atom stereocenters. The zero-order valence-electron chi connectivity index (χ0n) is 14.2. The van der Waals surface area contributed by atoms with Crippen molar-refractivity contribution in [1.82, 2.24) is 9.88 Å². The molecule has 1 aromatic rings. The number of nitro groups is 1. The summed E-state index contributed by atoms with van der Waals surface area (Å²) in [6, 6.07) is 1.81. The summed E-state index contributed by atoms with van der Waals surface area (Å²) < 4.78 is 0. The Morgan fingerprint density at radius 3 is 2.43 bits per heavy atom. The first-order chi connectivity index (χ1) is 10.9. The highest BCUT2D eigenvalue weighted by Gasteiger charge is 2.20. The summed E-state index contributed by atoms with van der Waals surface area (Å²) >= 11 is 0. The van der Waals surface area contributed by atoms with Crippen LogP contribution in [-0.2, 0) is 0 Å². The van der Waals surface area contributed by atoms with Crippen molar-refractivity contribution >= 4 is 11.5 Å². The summed E-state index contributed by atoms with van der Waals surface area (Å²) in [4.78, 5) is 16.8. The van der Waals surface area contributed by atoms with Gasteiger partial charge in [0, 0.05) is 31.7 Å². The number of hydrogen-bond acceptors (Lipinski definition) is 5. The summed E-state index contributed by atoms with van der Waals surface area (Å²) in [5.41, 5.74) is 0.772. The van der Waals surface area contributed by atoms with Gasteiger partial charge in [0.25, 0.3) is 5.69 Å². The van der Waals surface area contributed by atoms with E-state index in [1.54, 1.807) is 0 Å². The maximum Gasteiger partial charge on any atom is 0.287 e. The average molecular weight is 318 g/mol. The molecular weight excluding hydrogens is 292 g/mol. The lowest BCUT2D eigenvalue weighted by atomic mass is 10.0. The summed E-state index contributed by atoms with van der Waals surface area (Å²) in [7, 11) is 0. The third-order valence-corrected chi connectivity index (χ3v) is 3.72. The minimum Gasteiger partial charge on any atom is -0.368 e. The van der Waals surface area contributed by atoms with Crippen molar-refractivity contribution in [3.63, 3.8) is 0 Å². The fraction of sp³-hybridized carbons (Fsp3) is 0.471. The van der Waals surface area contributed by atoms with E-state index in [0.29, 0.717) is 18.3 Å². The predicted molar refractivity (Wildman–Crippen MR) is 94.7 cm³/mol. The smallest absolute Gasteiger partial charge is 0.287 e. The van der Waals surface area contributed by atoms with Crippen LogP contribution in [0.5, 0.6) is 0 Å². The molecular formula is C17H26N4O2. The first kappa shape index (κ1) is 18.8. The molecule has 6 heteroatoms. The highest BCUT2D eigenvalue weighted by atomic mass is 16.6. The Bertz CT molecular complexity index is 548. The third-order valence-electron chi connectivity index (χ3n) is 3.72. The minimum absolute atomic E-state index is 0.00778. The Morgan fingerprint density at radius 1 is 1.39 bits per heavy atom. The number of anilines is 1. The van der Waals surface area contributed by atoms with Crippen LogP contribution in [0.2, 0.25) is 0 Å². The van der Waals surface area contributed by atoms with Crippen molar-refractivity contribution in [2.24, 2.45) is 5.92 Å². The lowest BCUT2D eigenvalue weighted by Gasteiger charge is -2.33. The van der Waals surface area contributed by atoms with Gasteiger partial charge in [-0.15, -0.1) is 13.2 Å². The van der Waals surface area contributed by atoms with Crippen LogP contribution in [0.1, 0.15) is 19.4 Å². The zero-order valence-corrected chi connectivity index (χ0v) is 14.2. The zero-order chi connectivity index (χ0) is 17.4. The second-order valence-electron chi connectivity index (χ2n) is 5.84. The van der Waals surface area contributed by atoms with Crippen LogP contribution in [0, 0.1) is 23.0 Å². The quantitative estimate of drug-likeness (QED) is 0.407. The van der Waals surface area contributed by atoms with Gasteiger partial charge in [0.15, 0.2) is 0 Å². The van der Waals surface area contributed by atoms with E-state index in [4.69, 9.17) is 0 Å². The molecule has 1 aromatic heterocycles. The molecule has 23 heavy (non-hydrogen) atoms. The molecule has 1 heterocycles. The van der Waals surface area contributed by atoms with Crippen LogP contribution >= 0.6 is 0 Å². The van der Waals surface area contributed by atoms with Gasteiger partial charge in [-0.1, -0.05) is 26.0 Å². The van der Waals surface area contributed by atoms with Crippen LogP contribution < -0.4 is 5.32 Å². The Hall–Kier alpha value is -2.21. The van der Waals surface area contributed by atoms with Crippen molar-refractivity contribution < 1.29 is 4.92 Å². The van der Waals surface area contributed by atoms with E-state index < -0.39 is 4.92 Å². The molecule has 0 bridgehead atoms. The standard InChI is InChI=1S/C17H26N4O2/c1-6-8-20(9-7-2)16(13(3)4)12-19-17-14(5)10-15(11-18-17)21(22)23/h6-7,10-11,13,16H,1-2,8-9,12H2,3-5H3,(H,18,19). The Kier molecular flexibility index (Phi) is 7.41. The van der Waals surface area contributed by atoms with Crippen molar-refractivity contribution in [3.8, 4) is 0 Å². The Labute approximate surface area is 138 Å². The van der Waals surface area contributed by atoms with E-state index in [-0.39, 0.29) is 11.7 Å². The summed E-state index contributed by atoms with van der Waals surface area (Å²) in [6.07, 6.45) is 5.05. The van der Waals surface area contributed by atoms with Crippen molar-refractivity contribution in [2.75, 3.05) is 25.0 Å². The fourth-order valence-corrected chi connectivity index (χ4v) is 2.51. The number of rotatable bonds is 10. The van der Waals surface area contributed by atoms with E-state index in [0.717, 1.165) is 18.7 Å². The first-order valence-electron chi connectivity index (χ1n) is 7.71. The predicted octanol–water partition coefficient (Wildman–Crippen LogP) is 3.41. The molecule has 0 saturated carbocycles. The molecule has 6 nitrogen and oxygen atoms in total. The molecule has 126 valence electrons. The molecule has 0 aliphatic carbocycles. The van der Waals surface area contributed by atoms with Gasteiger partial charge in [-0.3, -0.25) is 15.0 Å². The average Bonchev–Trinajstić information content (AvgIpc) is 2.48. The van der Waals surface area contributed by atoms with Gasteiger partial charge in [0.1, 0.15) is 12.0 Å². The second-order valence-corrected chi connectivity index (χ2v) is 5.84. The Morgan fingerprint density at radius 2 is 2.00 bits per heavy atom. The molecule has 0 spiro atoms. The van der Waals surface area contributed by atoms with Gasteiger partial charge in [-0.05, 0) is 18.4 Å². The highest BCUT2D eigenvalue weighted by Crippen LogP contribution is 2.19. The van der Waals surface area contributed by atoms with Crippen LogP contribution in [0.15, 0.2) is 37.6 Å². The van der Waals surface area contributed by atoms with Crippen LogP contribution in [0.3, 0.4) is 0 Å². The van der Waals surface area contributed by atoms with E-state index in [9.17, 15) is 10.1 Å². The van der Waals surface area contributed by atoms with Crippen LogP contribution in [-0.4, -0.2) is 40.5 Å². The molecule has 0 aliphatic rings. The van der Waals surface area contributed by atoms with Gasteiger partial charge in [0.2, 0.25) is 0 Å². The van der Waals surface area contributed by atoms with Crippen molar-refractivity contribution in [3.05, 3.63) is 53.3 Å². The molecule has 1 N–H and O–H groups in total. The van der Waals surface area contributed by atoms with Crippen LogP contribution in [0.25, 0.3) is 0 Å². The molecule has 0 radical (unpaired) electrons. The van der Waals surface area contributed by atoms with Crippen molar-refractivity contribution in [2.45, 2.75) is 26.8 Å². The fourth-order valence-electron chi connectivity index (χ4n) is 2.51. The number of aromatic nitrogens is 1. The number of nitrogens with zero attached hydrogens (tertiary/aromatic N) is 3. The van der Waals surface area contributed by atoms with Gasteiger partial charge >= 0.3 is 0 Å². The van der Waals surface area contributed by atoms with Gasteiger partial charge in [-0.25, -0.2) is 4.98 Å². The molecule has 0 amide bonds. The number of nitrogens with one attached hydrogen (secondary N) is 1. The van der Waals surface area contributed by atoms with E-state index in [1.165, 1.54) is 12.3 Å². The molecule has 1 atom stereocenters. The van der Waals surface area contributed by atoms with Crippen LogP contribution in [0.4, 0.5) is 11.5 Å².